The molecule has 0 amide bonds. The average Bonchev–Trinajstić information content (AvgIpc) is 2.56. The second kappa shape index (κ2) is 6.84. The standard InChI is InChI=1S/C17H13BrN2O4/c1-10(17(21)22)23-12-3-5-13(6-4-12)24-16-9-19-15-8-11(18)2-7-14(15)20-16/h2-10H,1H3,(H,21,22). The number of aliphatic carboxylic acids is 1. The molecule has 1 aromatic heterocycles. The number of aromatic nitrogens is 2. The molecule has 0 aliphatic rings. The van der Waals surface area contributed by atoms with Crippen LogP contribution < -0.4 is 9.47 Å². The third kappa shape index (κ3) is 3.80. The van der Waals surface area contributed by atoms with Gasteiger partial charge >= 0.3 is 5.97 Å². The normalized spacial score (nSPS) is 11.9. The Morgan fingerprint density at radius 1 is 1.12 bits per heavy atom. The summed E-state index contributed by atoms with van der Waals surface area (Å²) in [4.78, 5) is 19.5. The van der Waals surface area contributed by atoms with Crippen molar-refractivity contribution in [3.05, 3.63) is 53.1 Å². The minimum Gasteiger partial charge on any atom is -0.479 e. The molecule has 122 valence electrons. The first-order valence-electron chi connectivity index (χ1n) is 7.11. The molecule has 0 radical (unpaired) electrons. The maximum absolute atomic E-state index is 10.8. The quantitative estimate of drug-likeness (QED) is 0.710. The van der Waals surface area contributed by atoms with E-state index >= 15 is 0 Å². The van der Waals surface area contributed by atoms with E-state index in [2.05, 4.69) is 25.9 Å². The predicted octanol–water partition coefficient (Wildman–Crippen LogP) is 4.04. The fourth-order valence-electron chi connectivity index (χ4n) is 1.98. The van der Waals surface area contributed by atoms with Gasteiger partial charge in [0.2, 0.25) is 5.88 Å². The van der Waals surface area contributed by atoms with Gasteiger partial charge < -0.3 is 14.6 Å². The van der Waals surface area contributed by atoms with Crippen LogP contribution in [-0.2, 0) is 4.79 Å². The maximum Gasteiger partial charge on any atom is 0.344 e. The predicted molar refractivity (Wildman–Crippen MR) is 91.5 cm³/mol. The van der Waals surface area contributed by atoms with Gasteiger partial charge in [0.05, 0.1) is 17.2 Å². The Hall–Kier alpha value is -2.67. The number of nitrogens with zero attached hydrogens (tertiary/aromatic N) is 2. The van der Waals surface area contributed by atoms with E-state index in [-0.39, 0.29) is 0 Å². The van der Waals surface area contributed by atoms with Crippen LogP contribution in [0.25, 0.3) is 11.0 Å². The maximum atomic E-state index is 10.8. The molecule has 6 nitrogen and oxygen atoms in total. The van der Waals surface area contributed by atoms with Crippen molar-refractivity contribution in [3.63, 3.8) is 0 Å². The van der Waals surface area contributed by atoms with Crippen molar-refractivity contribution in [3.8, 4) is 17.4 Å². The summed E-state index contributed by atoms with van der Waals surface area (Å²) >= 11 is 3.39. The zero-order valence-electron chi connectivity index (χ0n) is 12.6. The van der Waals surface area contributed by atoms with Crippen molar-refractivity contribution in [1.29, 1.82) is 0 Å². The van der Waals surface area contributed by atoms with Crippen LogP contribution in [0.5, 0.6) is 17.4 Å². The second-order valence-corrected chi connectivity index (χ2v) is 5.93. The van der Waals surface area contributed by atoms with Crippen LogP contribution in [0.3, 0.4) is 0 Å². The molecule has 7 heteroatoms. The Balaban J connectivity index is 1.74. The van der Waals surface area contributed by atoms with E-state index in [1.165, 1.54) is 6.92 Å². The van der Waals surface area contributed by atoms with Gasteiger partial charge in [-0.3, -0.25) is 0 Å². The summed E-state index contributed by atoms with van der Waals surface area (Å²) in [6.45, 7) is 1.47. The zero-order valence-corrected chi connectivity index (χ0v) is 14.2. The topological polar surface area (TPSA) is 81.5 Å². The van der Waals surface area contributed by atoms with Gasteiger partial charge in [-0.05, 0) is 49.4 Å². The van der Waals surface area contributed by atoms with Crippen molar-refractivity contribution in [2.24, 2.45) is 0 Å². The lowest BCUT2D eigenvalue weighted by Crippen LogP contribution is -2.22. The third-order valence-corrected chi connectivity index (χ3v) is 3.68. The van der Waals surface area contributed by atoms with Gasteiger partial charge in [-0.1, -0.05) is 15.9 Å². The van der Waals surface area contributed by atoms with E-state index in [0.29, 0.717) is 17.4 Å². The van der Waals surface area contributed by atoms with Gasteiger partial charge in [-0.25, -0.2) is 14.8 Å². The van der Waals surface area contributed by atoms with Gasteiger partial charge in [0, 0.05) is 4.47 Å². The zero-order chi connectivity index (χ0) is 17.1. The molecule has 0 saturated heterocycles. The third-order valence-electron chi connectivity index (χ3n) is 3.19. The number of carbonyl (C=O) groups is 1. The lowest BCUT2D eigenvalue weighted by molar-refractivity contribution is -0.144. The largest absolute Gasteiger partial charge is 0.479 e. The summed E-state index contributed by atoms with van der Waals surface area (Å²) in [5, 5.41) is 8.83. The van der Waals surface area contributed by atoms with Gasteiger partial charge in [0.1, 0.15) is 11.5 Å². The van der Waals surface area contributed by atoms with E-state index in [9.17, 15) is 4.79 Å². The number of fused-ring (bicyclic) bond motifs is 1. The minimum absolute atomic E-state index is 0.373. The summed E-state index contributed by atoms with van der Waals surface area (Å²) in [5.41, 5.74) is 1.49. The fraction of sp³-hybridized carbons (Fsp3) is 0.118. The molecule has 0 aliphatic heterocycles. The van der Waals surface area contributed by atoms with Crippen LogP contribution in [0.2, 0.25) is 0 Å². The molecular formula is C17H13BrN2O4. The molecule has 0 fully saturated rings. The summed E-state index contributed by atoms with van der Waals surface area (Å²) in [5.74, 6) is 0.355. The lowest BCUT2D eigenvalue weighted by atomic mass is 10.3. The fourth-order valence-corrected chi connectivity index (χ4v) is 2.33. The summed E-state index contributed by atoms with van der Waals surface area (Å²) in [6.07, 6.45) is 0.633. The van der Waals surface area contributed by atoms with Crippen LogP contribution in [-0.4, -0.2) is 27.1 Å². The monoisotopic (exact) mass is 388 g/mol. The van der Waals surface area contributed by atoms with Crippen molar-refractivity contribution >= 4 is 32.9 Å². The van der Waals surface area contributed by atoms with Crippen LogP contribution in [0.15, 0.2) is 53.1 Å². The number of rotatable bonds is 5. The van der Waals surface area contributed by atoms with Crippen molar-refractivity contribution in [2.75, 3.05) is 0 Å². The molecule has 1 atom stereocenters. The second-order valence-electron chi connectivity index (χ2n) is 5.01. The Morgan fingerprint density at radius 2 is 1.83 bits per heavy atom. The number of hydrogen-bond acceptors (Lipinski definition) is 5. The molecule has 1 heterocycles. The molecule has 1 unspecified atom stereocenters. The Kier molecular flexibility index (Phi) is 4.61. The number of ether oxygens (including phenoxy) is 2. The molecule has 3 rings (SSSR count). The van der Waals surface area contributed by atoms with Crippen LogP contribution in [0.4, 0.5) is 0 Å². The minimum atomic E-state index is -1.02. The summed E-state index contributed by atoms with van der Waals surface area (Å²) in [6, 6.07) is 12.2. The first kappa shape index (κ1) is 16.2. The first-order valence-corrected chi connectivity index (χ1v) is 7.90. The molecule has 3 aromatic rings. The van der Waals surface area contributed by atoms with E-state index in [4.69, 9.17) is 14.6 Å². The highest BCUT2D eigenvalue weighted by molar-refractivity contribution is 9.10. The van der Waals surface area contributed by atoms with Gasteiger partial charge in [0.25, 0.3) is 0 Å². The van der Waals surface area contributed by atoms with Crippen LogP contribution in [0, 0.1) is 0 Å². The van der Waals surface area contributed by atoms with E-state index in [0.717, 1.165) is 15.5 Å². The van der Waals surface area contributed by atoms with Crippen molar-refractivity contribution in [1.82, 2.24) is 9.97 Å². The highest BCUT2D eigenvalue weighted by Crippen LogP contribution is 2.24. The smallest absolute Gasteiger partial charge is 0.344 e. The molecule has 24 heavy (non-hydrogen) atoms. The first-order chi connectivity index (χ1) is 11.5. The SMILES string of the molecule is CC(Oc1ccc(Oc2cnc3cc(Br)ccc3n2)cc1)C(=O)O. The summed E-state index contributed by atoms with van der Waals surface area (Å²) < 4.78 is 11.9. The molecular weight excluding hydrogens is 376 g/mol. The number of carboxylic acid groups (broad SMARTS) is 1. The lowest BCUT2D eigenvalue weighted by Gasteiger charge is -2.11. The molecule has 2 aromatic carbocycles. The highest BCUT2D eigenvalue weighted by atomic mass is 79.9. The summed E-state index contributed by atoms with van der Waals surface area (Å²) in [7, 11) is 0. The van der Waals surface area contributed by atoms with Gasteiger partial charge in [-0.15, -0.1) is 0 Å². The van der Waals surface area contributed by atoms with Crippen molar-refractivity contribution in [2.45, 2.75) is 13.0 Å². The number of hydrogen-bond donors (Lipinski definition) is 1. The molecule has 0 bridgehead atoms. The molecule has 1 N–H and O–H groups in total. The Labute approximate surface area is 146 Å². The number of halogens is 1. The average molecular weight is 389 g/mol. The molecule has 0 saturated carbocycles. The highest BCUT2D eigenvalue weighted by Gasteiger charge is 2.12. The van der Waals surface area contributed by atoms with E-state index in [1.807, 2.05) is 18.2 Å². The van der Waals surface area contributed by atoms with E-state index in [1.54, 1.807) is 30.5 Å². The van der Waals surface area contributed by atoms with Gasteiger partial charge in [0.15, 0.2) is 6.10 Å². The van der Waals surface area contributed by atoms with Crippen LogP contribution in [0.1, 0.15) is 6.92 Å². The Morgan fingerprint density at radius 3 is 2.54 bits per heavy atom. The number of benzene rings is 2. The number of carboxylic acids is 1. The van der Waals surface area contributed by atoms with Crippen molar-refractivity contribution < 1.29 is 19.4 Å². The van der Waals surface area contributed by atoms with E-state index < -0.39 is 12.1 Å². The molecule has 0 aliphatic carbocycles. The van der Waals surface area contributed by atoms with Gasteiger partial charge in [-0.2, -0.15) is 0 Å². The molecule has 0 spiro atoms. The Bertz CT molecular complexity index is 883. The van der Waals surface area contributed by atoms with Crippen LogP contribution >= 0.6 is 15.9 Å².